The Kier molecular flexibility index (Phi) is 6.98. The van der Waals surface area contributed by atoms with Gasteiger partial charge >= 0.3 is 5.97 Å². The molecular formula is C24H33N3O3. The van der Waals surface area contributed by atoms with Crippen LogP contribution in [0.5, 0.6) is 0 Å². The number of benzene rings is 1. The van der Waals surface area contributed by atoms with Crippen LogP contribution in [-0.4, -0.2) is 47.0 Å². The molecule has 0 saturated carbocycles. The lowest BCUT2D eigenvalue weighted by molar-refractivity contribution is 0.0376. The van der Waals surface area contributed by atoms with Crippen molar-refractivity contribution < 1.29 is 14.3 Å². The van der Waals surface area contributed by atoms with Gasteiger partial charge in [-0.3, -0.25) is 9.69 Å². The lowest BCUT2D eigenvalue weighted by Gasteiger charge is -2.32. The van der Waals surface area contributed by atoms with Gasteiger partial charge in [0.05, 0.1) is 11.7 Å². The molecule has 0 spiro atoms. The van der Waals surface area contributed by atoms with Gasteiger partial charge in [0.1, 0.15) is 5.69 Å². The highest BCUT2D eigenvalue weighted by Gasteiger charge is 2.26. The monoisotopic (exact) mass is 411 g/mol. The van der Waals surface area contributed by atoms with Gasteiger partial charge in [0.25, 0.3) is 5.91 Å². The Balaban J connectivity index is 1.56. The zero-order valence-corrected chi connectivity index (χ0v) is 18.7. The van der Waals surface area contributed by atoms with E-state index in [1.165, 1.54) is 11.1 Å². The van der Waals surface area contributed by atoms with Crippen molar-refractivity contribution in [1.29, 1.82) is 0 Å². The summed E-state index contributed by atoms with van der Waals surface area (Å²) in [5, 5.41) is 3.14. The molecule has 2 heterocycles. The number of H-pyrrole nitrogens is 1. The Morgan fingerprint density at radius 3 is 2.53 bits per heavy atom. The van der Waals surface area contributed by atoms with Crippen molar-refractivity contribution in [2.45, 2.75) is 66.2 Å². The molecule has 1 aliphatic heterocycles. The minimum atomic E-state index is -0.389. The number of aryl methyl sites for hydroxylation is 2. The highest BCUT2D eigenvalue weighted by Crippen LogP contribution is 2.21. The molecule has 6 heteroatoms. The fourth-order valence-electron chi connectivity index (χ4n) is 4.12. The molecule has 1 fully saturated rings. The van der Waals surface area contributed by atoms with E-state index < -0.39 is 0 Å². The number of ether oxygens (including phenoxy) is 1. The van der Waals surface area contributed by atoms with Gasteiger partial charge in [-0.1, -0.05) is 29.8 Å². The molecule has 0 bridgehead atoms. The summed E-state index contributed by atoms with van der Waals surface area (Å²) in [5.74, 6) is -0.545. The number of nitrogens with one attached hydrogen (secondary N) is 2. The van der Waals surface area contributed by atoms with E-state index >= 15 is 0 Å². The van der Waals surface area contributed by atoms with Gasteiger partial charge in [-0.15, -0.1) is 0 Å². The summed E-state index contributed by atoms with van der Waals surface area (Å²) in [6.45, 7) is 12.2. The van der Waals surface area contributed by atoms with Gasteiger partial charge in [0.15, 0.2) is 0 Å². The summed E-state index contributed by atoms with van der Waals surface area (Å²) in [6, 6.07) is 8.75. The average Bonchev–Trinajstić information content (AvgIpc) is 2.97. The fraction of sp³-hybridized carbons (Fsp3) is 0.500. The summed E-state index contributed by atoms with van der Waals surface area (Å²) < 4.78 is 5.31. The summed E-state index contributed by atoms with van der Waals surface area (Å²) >= 11 is 0. The molecule has 1 aromatic heterocycles. The first-order valence-electron chi connectivity index (χ1n) is 10.7. The third kappa shape index (κ3) is 5.30. The van der Waals surface area contributed by atoms with Gasteiger partial charge in [-0.25, -0.2) is 4.79 Å². The second kappa shape index (κ2) is 9.47. The molecule has 2 N–H and O–H groups in total. The third-order valence-electron chi connectivity index (χ3n) is 5.62. The minimum absolute atomic E-state index is 0.139. The van der Waals surface area contributed by atoms with Crippen LogP contribution in [0.4, 0.5) is 0 Å². The molecular weight excluding hydrogens is 378 g/mol. The molecule has 0 aliphatic carbocycles. The molecule has 0 atom stereocenters. The van der Waals surface area contributed by atoms with Crippen molar-refractivity contribution in [3.8, 4) is 0 Å². The molecule has 1 saturated heterocycles. The summed E-state index contributed by atoms with van der Waals surface area (Å²) in [4.78, 5) is 30.7. The van der Waals surface area contributed by atoms with E-state index in [0.29, 0.717) is 22.5 Å². The molecule has 162 valence electrons. The van der Waals surface area contributed by atoms with Crippen LogP contribution in [0.2, 0.25) is 0 Å². The number of amides is 1. The van der Waals surface area contributed by atoms with Crippen molar-refractivity contribution in [3.63, 3.8) is 0 Å². The maximum atomic E-state index is 12.8. The Labute approximate surface area is 179 Å². The van der Waals surface area contributed by atoms with E-state index in [-0.39, 0.29) is 24.0 Å². The lowest BCUT2D eigenvalue weighted by atomic mass is 10.0. The van der Waals surface area contributed by atoms with Crippen LogP contribution in [0.25, 0.3) is 0 Å². The van der Waals surface area contributed by atoms with Crippen LogP contribution in [0.3, 0.4) is 0 Å². The van der Waals surface area contributed by atoms with Crippen molar-refractivity contribution >= 4 is 11.9 Å². The number of carbonyl (C=O) groups excluding carboxylic acids is 2. The van der Waals surface area contributed by atoms with Crippen molar-refractivity contribution in [3.05, 3.63) is 57.9 Å². The van der Waals surface area contributed by atoms with Crippen LogP contribution in [0.1, 0.15) is 69.9 Å². The largest absolute Gasteiger partial charge is 0.459 e. The molecule has 0 unspecified atom stereocenters. The Morgan fingerprint density at radius 2 is 1.90 bits per heavy atom. The first-order valence-corrected chi connectivity index (χ1v) is 10.7. The number of esters is 1. The molecule has 6 nitrogen and oxygen atoms in total. The van der Waals surface area contributed by atoms with E-state index in [4.69, 9.17) is 4.74 Å². The number of piperidine rings is 1. The first kappa shape index (κ1) is 22.1. The fourth-order valence-corrected chi connectivity index (χ4v) is 4.12. The van der Waals surface area contributed by atoms with Crippen LogP contribution in [-0.2, 0) is 11.3 Å². The van der Waals surface area contributed by atoms with Crippen molar-refractivity contribution in [2.24, 2.45) is 0 Å². The summed E-state index contributed by atoms with van der Waals surface area (Å²) in [7, 11) is 0. The second-order valence-corrected chi connectivity index (χ2v) is 8.59. The van der Waals surface area contributed by atoms with E-state index in [0.717, 1.165) is 32.5 Å². The van der Waals surface area contributed by atoms with E-state index in [2.05, 4.69) is 46.4 Å². The average molecular weight is 412 g/mol. The number of hydrogen-bond donors (Lipinski definition) is 2. The molecule has 0 radical (unpaired) electrons. The van der Waals surface area contributed by atoms with Gasteiger partial charge in [-0.2, -0.15) is 0 Å². The predicted molar refractivity (Wildman–Crippen MR) is 118 cm³/mol. The standard InChI is InChI=1S/C24H33N3O3/c1-15(2)30-24(29)21-17(4)22(25-18(21)5)23(28)26-20-9-11-27(12-10-20)14-19-8-6-7-16(3)13-19/h6-8,13,15,20,25H,9-12,14H2,1-5H3,(H,26,28). The maximum absolute atomic E-state index is 12.8. The van der Waals surface area contributed by atoms with E-state index in [1.807, 2.05) is 13.8 Å². The highest BCUT2D eigenvalue weighted by molar-refractivity contribution is 6.00. The van der Waals surface area contributed by atoms with E-state index in [1.54, 1.807) is 13.8 Å². The number of rotatable bonds is 6. The zero-order valence-electron chi connectivity index (χ0n) is 18.7. The Morgan fingerprint density at radius 1 is 1.20 bits per heavy atom. The van der Waals surface area contributed by atoms with Gasteiger partial charge in [0, 0.05) is 31.4 Å². The molecule has 2 aromatic rings. The molecule has 1 aliphatic rings. The van der Waals surface area contributed by atoms with Crippen LogP contribution >= 0.6 is 0 Å². The number of carbonyl (C=O) groups is 2. The third-order valence-corrected chi connectivity index (χ3v) is 5.62. The topological polar surface area (TPSA) is 74.4 Å². The SMILES string of the molecule is Cc1cccc(CN2CCC(NC(=O)c3[nH]c(C)c(C(=O)OC(C)C)c3C)CC2)c1. The molecule has 1 aromatic carbocycles. The normalized spacial score (nSPS) is 15.4. The quantitative estimate of drug-likeness (QED) is 0.707. The van der Waals surface area contributed by atoms with Gasteiger partial charge in [-0.05, 0) is 58.6 Å². The van der Waals surface area contributed by atoms with Gasteiger partial charge < -0.3 is 15.0 Å². The second-order valence-electron chi connectivity index (χ2n) is 8.59. The van der Waals surface area contributed by atoms with Crippen molar-refractivity contribution in [1.82, 2.24) is 15.2 Å². The lowest BCUT2D eigenvalue weighted by Crippen LogP contribution is -2.44. The number of aromatic amines is 1. The number of hydrogen-bond acceptors (Lipinski definition) is 4. The van der Waals surface area contributed by atoms with Gasteiger partial charge in [0.2, 0.25) is 0 Å². The zero-order chi connectivity index (χ0) is 21.8. The summed E-state index contributed by atoms with van der Waals surface area (Å²) in [6.07, 6.45) is 1.63. The number of aromatic nitrogens is 1. The first-order chi connectivity index (χ1) is 14.2. The number of likely N-dealkylation sites (tertiary alicyclic amines) is 1. The molecule has 1 amide bonds. The van der Waals surface area contributed by atoms with Crippen LogP contribution < -0.4 is 5.32 Å². The summed E-state index contributed by atoms with van der Waals surface area (Å²) in [5.41, 5.74) is 4.83. The predicted octanol–water partition coefficient (Wildman–Crippen LogP) is 3.90. The molecule has 3 rings (SSSR count). The smallest absolute Gasteiger partial charge is 0.340 e. The minimum Gasteiger partial charge on any atom is -0.459 e. The van der Waals surface area contributed by atoms with E-state index in [9.17, 15) is 9.59 Å². The van der Waals surface area contributed by atoms with Crippen LogP contribution in [0.15, 0.2) is 24.3 Å². The Bertz CT molecular complexity index is 908. The molecule has 30 heavy (non-hydrogen) atoms. The highest BCUT2D eigenvalue weighted by atomic mass is 16.5. The number of nitrogens with zero attached hydrogens (tertiary/aromatic N) is 1. The Hall–Kier alpha value is -2.60. The maximum Gasteiger partial charge on any atom is 0.340 e. The van der Waals surface area contributed by atoms with Crippen molar-refractivity contribution in [2.75, 3.05) is 13.1 Å². The van der Waals surface area contributed by atoms with Crippen LogP contribution in [0, 0.1) is 20.8 Å².